The first-order valence-electron chi connectivity index (χ1n) is 6.78. The maximum atomic E-state index is 6.24. The van der Waals surface area contributed by atoms with Gasteiger partial charge in [-0.1, -0.05) is 23.2 Å². The van der Waals surface area contributed by atoms with Crippen LogP contribution >= 0.6 is 34.5 Å². The maximum absolute atomic E-state index is 6.24. The van der Waals surface area contributed by atoms with Crippen molar-refractivity contribution in [3.05, 3.63) is 20.3 Å². The first-order valence-corrected chi connectivity index (χ1v) is 8.36. The average molecular weight is 320 g/mol. The van der Waals surface area contributed by atoms with Gasteiger partial charge in [-0.05, 0) is 13.0 Å². The largest absolute Gasteiger partial charge is 0.314 e. The predicted molar refractivity (Wildman–Crippen MR) is 82.6 cm³/mol. The Balaban J connectivity index is 1.56. The molecule has 0 aliphatic carbocycles. The van der Waals surface area contributed by atoms with Crippen LogP contribution in [0.2, 0.25) is 8.67 Å². The minimum absolute atomic E-state index is 0.371. The Morgan fingerprint density at radius 3 is 2.58 bits per heavy atom. The average Bonchev–Trinajstić information content (AvgIpc) is 2.68. The van der Waals surface area contributed by atoms with Gasteiger partial charge in [0, 0.05) is 56.9 Å². The van der Waals surface area contributed by atoms with Crippen LogP contribution in [0, 0.1) is 0 Å². The monoisotopic (exact) mass is 319 g/mol. The Bertz CT molecular complexity index is 439. The molecule has 0 radical (unpaired) electrons. The molecule has 1 aromatic rings. The van der Waals surface area contributed by atoms with Crippen molar-refractivity contribution in [3.8, 4) is 0 Å². The van der Waals surface area contributed by atoms with E-state index in [1.54, 1.807) is 0 Å². The highest BCUT2D eigenvalue weighted by molar-refractivity contribution is 7.20. The summed E-state index contributed by atoms with van der Waals surface area (Å²) in [5.41, 5.74) is 1.18. The fourth-order valence-corrected chi connectivity index (χ4v) is 4.55. The molecule has 0 bridgehead atoms. The summed E-state index contributed by atoms with van der Waals surface area (Å²) >= 11 is 13.7. The second-order valence-electron chi connectivity index (χ2n) is 5.35. The van der Waals surface area contributed by atoms with Crippen LogP contribution in [-0.4, -0.2) is 55.1 Å². The number of hydrogen-bond donors (Lipinski definition) is 1. The summed E-state index contributed by atoms with van der Waals surface area (Å²) in [4.78, 5) is 5.08. The molecule has 2 aliphatic rings. The second-order valence-corrected chi connectivity index (χ2v) is 7.63. The summed E-state index contributed by atoms with van der Waals surface area (Å²) in [6.07, 6.45) is 0. The van der Waals surface area contributed by atoms with Crippen LogP contribution in [0.15, 0.2) is 6.07 Å². The van der Waals surface area contributed by atoms with Gasteiger partial charge in [-0.3, -0.25) is 9.80 Å². The third-order valence-electron chi connectivity index (χ3n) is 4.24. The van der Waals surface area contributed by atoms with Crippen LogP contribution in [0.5, 0.6) is 0 Å². The number of halogens is 2. The van der Waals surface area contributed by atoms with Crippen LogP contribution in [0.1, 0.15) is 18.5 Å². The number of hydrogen-bond acceptors (Lipinski definition) is 4. The maximum Gasteiger partial charge on any atom is 0.0991 e. The molecule has 0 amide bonds. The number of nitrogens with zero attached hydrogens (tertiary/aromatic N) is 2. The lowest BCUT2D eigenvalue weighted by Crippen LogP contribution is -2.62. The van der Waals surface area contributed by atoms with Crippen molar-refractivity contribution >= 4 is 34.5 Å². The lowest BCUT2D eigenvalue weighted by atomic mass is 10.0. The van der Waals surface area contributed by atoms with Crippen molar-refractivity contribution < 1.29 is 0 Å². The fourth-order valence-electron chi connectivity index (χ4n) is 2.92. The molecule has 3 heterocycles. The molecule has 0 saturated carbocycles. The summed E-state index contributed by atoms with van der Waals surface area (Å²) < 4.78 is 1.62. The zero-order chi connectivity index (χ0) is 13.4. The minimum atomic E-state index is 0.371. The Morgan fingerprint density at radius 2 is 2.00 bits per heavy atom. The highest BCUT2D eigenvalue weighted by Gasteiger charge is 2.35. The van der Waals surface area contributed by atoms with Crippen LogP contribution in [0.3, 0.4) is 0 Å². The van der Waals surface area contributed by atoms with Gasteiger partial charge in [0.05, 0.1) is 8.67 Å². The first kappa shape index (κ1) is 14.1. The number of nitrogens with one attached hydrogen (secondary N) is 1. The highest BCUT2D eigenvalue weighted by atomic mass is 35.5. The summed E-state index contributed by atoms with van der Waals surface area (Å²) in [6.45, 7) is 9.11. The highest BCUT2D eigenvalue weighted by Crippen LogP contribution is 2.38. The lowest BCUT2D eigenvalue weighted by Gasteiger charge is -2.49. The molecule has 106 valence electrons. The van der Waals surface area contributed by atoms with E-state index in [1.165, 1.54) is 30.0 Å². The van der Waals surface area contributed by atoms with E-state index in [1.807, 2.05) is 6.07 Å². The lowest BCUT2D eigenvalue weighted by molar-refractivity contribution is 0.00360. The molecule has 1 aromatic heterocycles. The Hall–Kier alpha value is 0.160. The quantitative estimate of drug-likeness (QED) is 0.924. The van der Waals surface area contributed by atoms with Crippen molar-refractivity contribution in [1.82, 2.24) is 15.1 Å². The van der Waals surface area contributed by atoms with Gasteiger partial charge in [0.15, 0.2) is 0 Å². The normalized spacial score (nSPS) is 24.4. The van der Waals surface area contributed by atoms with Gasteiger partial charge in [-0.25, -0.2) is 0 Å². The molecule has 0 spiro atoms. The predicted octanol–water partition coefficient (Wildman–Crippen LogP) is 2.71. The van der Waals surface area contributed by atoms with Crippen molar-refractivity contribution in [1.29, 1.82) is 0 Å². The van der Waals surface area contributed by atoms with Crippen LogP contribution in [-0.2, 0) is 0 Å². The van der Waals surface area contributed by atoms with E-state index in [0.717, 1.165) is 40.9 Å². The van der Waals surface area contributed by atoms with E-state index in [9.17, 15) is 0 Å². The van der Waals surface area contributed by atoms with Gasteiger partial charge in [-0.15, -0.1) is 11.3 Å². The summed E-state index contributed by atoms with van der Waals surface area (Å²) in [7, 11) is 0. The molecule has 19 heavy (non-hydrogen) atoms. The molecule has 0 aromatic carbocycles. The van der Waals surface area contributed by atoms with Crippen molar-refractivity contribution in [2.45, 2.75) is 19.0 Å². The molecular weight excluding hydrogens is 301 g/mol. The molecule has 2 aliphatic heterocycles. The van der Waals surface area contributed by atoms with E-state index >= 15 is 0 Å². The molecule has 1 atom stereocenters. The van der Waals surface area contributed by atoms with E-state index in [2.05, 4.69) is 22.0 Å². The van der Waals surface area contributed by atoms with E-state index in [-0.39, 0.29) is 0 Å². The van der Waals surface area contributed by atoms with Crippen molar-refractivity contribution in [3.63, 3.8) is 0 Å². The summed E-state index contributed by atoms with van der Waals surface area (Å²) in [5, 5.41) is 3.40. The third kappa shape index (κ3) is 2.94. The molecule has 1 unspecified atom stereocenters. The van der Waals surface area contributed by atoms with Crippen molar-refractivity contribution in [2.24, 2.45) is 0 Å². The van der Waals surface area contributed by atoms with Gasteiger partial charge in [0.2, 0.25) is 0 Å². The number of likely N-dealkylation sites (tertiary alicyclic amines) is 1. The zero-order valence-corrected chi connectivity index (χ0v) is 13.4. The molecule has 3 rings (SSSR count). The topological polar surface area (TPSA) is 18.5 Å². The van der Waals surface area contributed by atoms with E-state index in [0.29, 0.717) is 6.04 Å². The number of rotatable bonds is 3. The number of piperazine rings is 1. The van der Waals surface area contributed by atoms with Crippen LogP contribution in [0.4, 0.5) is 0 Å². The fraction of sp³-hybridized carbons (Fsp3) is 0.692. The smallest absolute Gasteiger partial charge is 0.0991 e. The van der Waals surface area contributed by atoms with Gasteiger partial charge in [-0.2, -0.15) is 0 Å². The molecule has 1 N–H and O–H groups in total. The molecule has 2 saturated heterocycles. The standard InChI is InChI=1S/C13H19Cl2N3S/c1-9(11-6-12(14)19-13(11)15)18-7-10(8-18)17-4-2-16-3-5-17/h6,9-10,16H,2-5,7-8H2,1H3. The zero-order valence-electron chi connectivity index (χ0n) is 11.0. The Morgan fingerprint density at radius 1 is 1.32 bits per heavy atom. The first-order chi connectivity index (χ1) is 9.15. The minimum Gasteiger partial charge on any atom is -0.314 e. The van der Waals surface area contributed by atoms with E-state index < -0.39 is 0 Å². The third-order valence-corrected chi connectivity index (χ3v) is 5.76. The van der Waals surface area contributed by atoms with Crippen molar-refractivity contribution in [2.75, 3.05) is 39.3 Å². The van der Waals surface area contributed by atoms with E-state index in [4.69, 9.17) is 23.2 Å². The van der Waals surface area contributed by atoms with Crippen LogP contribution < -0.4 is 5.32 Å². The van der Waals surface area contributed by atoms with Gasteiger partial charge in [0.25, 0.3) is 0 Å². The Kier molecular flexibility index (Phi) is 4.37. The van der Waals surface area contributed by atoms with Gasteiger partial charge >= 0.3 is 0 Å². The molecular formula is C13H19Cl2N3S. The Labute approximate surface area is 128 Å². The second kappa shape index (κ2) is 5.88. The summed E-state index contributed by atoms with van der Waals surface area (Å²) in [6, 6.07) is 3.10. The number of thiophene rings is 1. The van der Waals surface area contributed by atoms with Crippen LogP contribution in [0.25, 0.3) is 0 Å². The molecule has 3 nitrogen and oxygen atoms in total. The molecule has 6 heteroatoms. The van der Waals surface area contributed by atoms with Gasteiger partial charge in [0.1, 0.15) is 0 Å². The SMILES string of the molecule is CC(c1cc(Cl)sc1Cl)N1CC(N2CCNCC2)C1. The summed E-state index contributed by atoms with van der Waals surface area (Å²) in [5.74, 6) is 0. The molecule has 2 fully saturated rings. The van der Waals surface area contributed by atoms with Gasteiger partial charge < -0.3 is 5.32 Å².